The van der Waals surface area contributed by atoms with Crippen LogP contribution in [0, 0.1) is 0 Å². The van der Waals surface area contributed by atoms with Crippen LogP contribution in [0.4, 0.5) is 0 Å². The van der Waals surface area contributed by atoms with Crippen molar-refractivity contribution in [1.82, 2.24) is 0 Å². The van der Waals surface area contributed by atoms with E-state index in [2.05, 4.69) is 31.9 Å². The molecule has 2 rings (SSSR count). The zero-order valence-corrected chi connectivity index (χ0v) is 14.0. The van der Waals surface area contributed by atoms with Crippen LogP contribution in [0.5, 0.6) is 11.5 Å². The lowest BCUT2D eigenvalue weighted by molar-refractivity contribution is 0.112. The van der Waals surface area contributed by atoms with Gasteiger partial charge in [0.25, 0.3) is 0 Å². The molecule has 1 aromatic carbocycles. The highest BCUT2D eigenvalue weighted by molar-refractivity contribution is 9.10. The van der Waals surface area contributed by atoms with Gasteiger partial charge in [-0.3, -0.25) is 4.79 Å². The zero-order chi connectivity index (χ0) is 13.8. The molecule has 0 fully saturated rings. The van der Waals surface area contributed by atoms with Gasteiger partial charge in [0.05, 0.1) is 16.5 Å². The molecule has 1 heterocycles. The Kier molecular flexibility index (Phi) is 5.01. The largest absolute Gasteiger partial charge is 0.493 e. The molecule has 0 N–H and O–H groups in total. The van der Waals surface area contributed by atoms with Crippen molar-refractivity contribution in [2.45, 2.75) is 6.61 Å². The van der Waals surface area contributed by atoms with E-state index in [1.807, 2.05) is 11.4 Å². The summed E-state index contributed by atoms with van der Waals surface area (Å²) in [4.78, 5) is 11.9. The Balaban J connectivity index is 2.24. The van der Waals surface area contributed by atoms with Crippen molar-refractivity contribution in [1.29, 1.82) is 0 Å². The van der Waals surface area contributed by atoms with Gasteiger partial charge in [-0.1, -0.05) is 0 Å². The first kappa shape index (κ1) is 14.6. The fourth-order valence-electron chi connectivity index (χ4n) is 1.51. The molecular formula is C13H10Br2O3S. The number of ether oxygens (including phenoxy) is 2. The number of carbonyl (C=O) groups excluding carboxylic acids is 1. The highest BCUT2D eigenvalue weighted by Crippen LogP contribution is 2.37. The lowest BCUT2D eigenvalue weighted by atomic mass is 10.2. The van der Waals surface area contributed by atoms with Crippen molar-refractivity contribution in [2.75, 3.05) is 7.11 Å². The summed E-state index contributed by atoms with van der Waals surface area (Å²) in [6.07, 6.45) is 0.771. The predicted octanol–water partition coefficient (Wildman–Crippen LogP) is 4.67. The fraction of sp³-hybridized carbons (Fsp3) is 0.154. The molecule has 0 bridgehead atoms. The quantitative estimate of drug-likeness (QED) is 0.678. The van der Waals surface area contributed by atoms with Gasteiger partial charge in [0.15, 0.2) is 11.5 Å². The van der Waals surface area contributed by atoms with E-state index in [0.29, 0.717) is 28.1 Å². The highest BCUT2D eigenvalue weighted by atomic mass is 79.9. The Morgan fingerprint density at radius 3 is 2.68 bits per heavy atom. The molecule has 0 aliphatic carbocycles. The van der Waals surface area contributed by atoms with E-state index in [9.17, 15) is 4.79 Å². The third-order valence-electron chi connectivity index (χ3n) is 2.43. The van der Waals surface area contributed by atoms with Crippen LogP contribution >= 0.6 is 43.2 Å². The Morgan fingerprint density at radius 2 is 2.11 bits per heavy atom. The van der Waals surface area contributed by atoms with Crippen LogP contribution < -0.4 is 9.47 Å². The number of methoxy groups -OCH3 is 1. The van der Waals surface area contributed by atoms with Gasteiger partial charge < -0.3 is 9.47 Å². The molecule has 0 saturated heterocycles. The maximum Gasteiger partial charge on any atom is 0.175 e. The Bertz CT molecular complexity index is 596. The summed E-state index contributed by atoms with van der Waals surface area (Å²) in [5.74, 6) is 1.12. The van der Waals surface area contributed by atoms with Crippen molar-refractivity contribution in [2.24, 2.45) is 0 Å². The molecule has 0 radical (unpaired) electrons. The van der Waals surface area contributed by atoms with Gasteiger partial charge in [-0.25, -0.2) is 0 Å². The average Bonchev–Trinajstić information content (AvgIpc) is 2.82. The van der Waals surface area contributed by atoms with Crippen LogP contribution in [0.3, 0.4) is 0 Å². The van der Waals surface area contributed by atoms with Crippen molar-refractivity contribution in [3.05, 3.63) is 43.0 Å². The fourth-order valence-corrected chi connectivity index (χ4v) is 3.47. The zero-order valence-electron chi connectivity index (χ0n) is 9.98. The van der Waals surface area contributed by atoms with Crippen molar-refractivity contribution >= 4 is 49.5 Å². The summed E-state index contributed by atoms with van der Waals surface area (Å²) in [7, 11) is 1.55. The number of carbonyl (C=O) groups is 1. The number of rotatable bonds is 5. The van der Waals surface area contributed by atoms with Crippen LogP contribution in [0.2, 0.25) is 0 Å². The smallest absolute Gasteiger partial charge is 0.175 e. The maximum absolute atomic E-state index is 10.8. The van der Waals surface area contributed by atoms with Gasteiger partial charge >= 0.3 is 0 Å². The second-order valence-corrected chi connectivity index (χ2v) is 6.34. The SMILES string of the molecule is COc1cc(C=O)cc(Br)c1OCc1sccc1Br. The monoisotopic (exact) mass is 404 g/mol. The molecule has 2 aromatic rings. The maximum atomic E-state index is 10.8. The number of hydrogen-bond donors (Lipinski definition) is 0. The highest BCUT2D eigenvalue weighted by Gasteiger charge is 2.12. The summed E-state index contributed by atoms with van der Waals surface area (Å²) < 4.78 is 12.7. The minimum atomic E-state index is 0.438. The molecular weight excluding hydrogens is 396 g/mol. The van der Waals surface area contributed by atoms with E-state index in [1.165, 1.54) is 0 Å². The number of thiophene rings is 1. The molecule has 19 heavy (non-hydrogen) atoms. The van der Waals surface area contributed by atoms with E-state index in [4.69, 9.17) is 9.47 Å². The molecule has 0 spiro atoms. The van der Waals surface area contributed by atoms with Gasteiger partial charge in [-0.05, 0) is 55.4 Å². The van der Waals surface area contributed by atoms with Crippen molar-refractivity contribution in [3.8, 4) is 11.5 Å². The Labute approximate surface area is 131 Å². The second-order valence-electron chi connectivity index (χ2n) is 3.63. The van der Waals surface area contributed by atoms with Crippen molar-refractivity contribution in [3.63, 3.8) is 0 Å². The van der Waals surface area contributed by atoms with Gasteiger partial charge in [0.1, 0.15) is 12.9 Å². The molecule has 0 unspecified atom stereocenters. The second kappa shape index (κ2) is 6.54. The minimum absolute atomic E-state index is 0.438. The van der Waals surface area contributed by atoms with E-state index in [0.717, 1.165) is 15.6 Å². The van der Waals surface area contributed by atoms with Crippen LogP contribution in [-0.4, -0.2) is 13.4 Å². The summed E-state index contributed by atoms with van der Waals surface area (Å²) in [5.41, 5.74) is 0.536. The molecule has 0 aliphatic rings. The number of halogens is 2. The average molecular weight is 406 g/mol. The molecule has 0 atom stereocenters. The molecule has 0 aliphatic heterocycles. The van der Waals surface area contributed by atoms with Gasteiger partial charge in [0, 0.05) is 10.0 Å². The summed E-state index contributed by atoms with van der Waals surface area (Å²) in [6.45, 7) is 0.438. The first-order valence-electron chi connectivity index (χ1n) is 5.33. The van der Waals surface area contributed by atoms with E-state index < -0.39 is 0 Å². The topological polar surface area (TPSA) is 35.5 Å². The molecule has 3 nitrogen and oxygen atoms in total. The minimum Gasteiger partial charge on any atom is -0.493 e. The first-order chi connectivity index (χ1) is 9.15. The standard InChI is InChI=1S/C13H10Br2O3S/c1-17-11-5-8(6-16)4-10(15)13(11)18-7-12-9(14)2-3-19-12/h2-6H,7H2,1H3. The number of hydrogen-bond acceptors (Lipinski definition) is 4. The van der Waals surface area contributed by atoms with E-state index in [-0.39, 0.29) is 0 Å². The van der Waals surface area contributed by atoms with Gasteiger partial charge in [-0.15, -0.1) is 11.3 Å². The third-order valence-corrected chi connectivity index (χ3v) is 4.92. The lowest BCUT2D eigenvalue weighted by Crippen LogP contribution is -1.98. The van der Waals surface area contributed by atoms with Crippen LogP contribution in [0.15, 0.2) is 32.5 Å². The van der Waals surface area contributed by atoms with E-state index >= 15 is 0 Å². The van der Waals surface area contributed by atoms with Crippen LogP contribution in [0.1, 0.15) is 15.2 Å². The van der Waals surface area contributed by atoms with Crippen LogP contribution in [-0.2, 0) is 6.61 Å². The normalized spacial score (nSPS) is 10.3. The van der Waals surface area contributed by atoms with Gasteiger partial charge in [0.2, 0.25) is 0 Å². The molecule has 6 heteroatoms. The molecule has 0 saturated carbocycles. The predicted molar refractivity (Wildman–Crippen MR) is 82.4 cm³/mol. The molecule has 100 valence electrons. The van der Waals surface area contributed by atoms with E-state index in [1.54, 1.807) is 30.6 Å². The Hall–Kier alpha value is -0.850. The summed E-state index contributed by atoms with van der Waals surface area (Å²) in [6, 6.07) is 5.33. The third kappa shape index (κ3) is 3.38. The number of benzene rings is 1. The van der Waals surface area contributed by atoms with Crippen LogP contribution in [0.25, 0.3) is 0 Å². The molecule has 1 aromatic heterocycles. The van der Waals surface area contributed by atoms with Gasteiger partial charge in [-0.2, -0.15) is 0 Å². The lowest BCUT2D eigenvalue weighted by Gasteiger charge is -2.12. The van der Waals surface area contributed by atoms with Crippen molar-refractivity contribution < 1.29 is 14.3 Å². The summed E-state index contributed by atoms with van der Waals surface area (Å²) >= 11 is 8.46. The number of aldehydes is 1. The summed E-state index contributed by atoms with van der Waals surface area (Å²) in [5, 5.41) is 1.99. The Morgan fingerprint density at radius 1 is 1.32 bits per heavy atom. The first-order valence-corrected chi connectivity index (χ1v) is 7.79. The molecule has 0 amide bonds.